The maximum absolute atomic E-state index is 5.79. The summed E-state index contributed by atoms with van der Waals surface area (Å²) >= 11 is 0. The molecule has 1 aliphatic carbocycles. The lowest BCUT2D eigenvalue weighted by atomic mass is 9.93. The van der Waals surface area contributed by atoms with Crippen LogP contribution in [0.1, 0.15) is 76.4 Å². The van der Waals surface area contributed by atoms with Gasteiger partial charge in [0.1, 0.15) is 0 Å². The highest BCUT2D eigenvalue weighted by Crippen LogP contribution is 2.28. The Hall–Kier alpha value is -1.87. The van der Waals surface area contributed by atoms with Gasteiger partial charge in [-0.25, -0.2) is 0 Å². The average Bonchev–Trinajstić information content (AvgIpc) is 3.41. The molecule has 1 heterocycles. The molecule has 168 valence electrons. The van der Waals surface area contributed by atoms with Gasteiger partial charge in [0.15, 0.2) is 0 Å². The zero-order valence-corrected chi connectivity index (χ0v) is 20.5. The Morgan fingerprint density at radius 1 is 1.13 bits per heavy atom. The van der Waals surface area contributed by atoms with Crippen LogP contribution in [-0.4, -0.2) is 17.6 Å². The van der Waals surface area contributed by atoms with Gasteiger partial charge in [0.05, 0.1) is 0 Å². The molecule has 3 nitrogen and oxygen atoms in total. The molecule has 3 heteroatoms. The van der Waals surface area contributed by atoms with Crippen LogP contribution in [0.3, 0.4) is 0 Å². The lowest BCUT2D eigenvalue weighted by Crippen LogP contribution is -2.18. The summed E-state index contributed by atoms with van der Waals surface area (Å²) in [6, 6.07) is 13.3. The Bertz CT molecular complexity index is 726. The van der Waals surface area contributed by atoms with Gasteiger partial charge in [-0.3, -0.25) is 4.98 Å². The van der Waals surface area contributed by atoms with Gasteiger partial charge in [0, 0.05) is 23.1 Å². The van der Waals surface area contributed by atoms with Gasteiger partial charge < -0.3 is 11.1 Å². The minimum Gasteiger partial charge on any atom is -0.399 e. The largest absolute Gasteiger partial charge is 0.399 e. The third-order valence-electron chi connectivity index (χ3n) is 5.48. The minimum absolute atomic E-state index is 0.580. The van der Waals surface area contributed by atoms with E-state index < -0.39 is 0 Å². The molecule has 2 aromatic rings. The number of nitrogens with two attached hydrogens (primary N) is 1. The van der Waals surface area contributed by atoms with Crippen molar-refractivity contribution < 1.29 is 0 Å². The molecule has 1 aromatic carbocycles. The molecule has 1 aliphatic rings. The highest BCUT2D eigenvalue weighted by Gasteiger charge is 2.31. The predicted octanol–water partition coefficient (Wildman–Crippen LogP) is 6.51. The molecule has 3 N–H and O–H groups in total. The number of aryl methyl sites for hydroxylation is 2. The van der Waals surface area contributed by atoms with Gasteiger partial charge in [-0.15, -0.1) is 0 Å². The molecule has 30 heavy (non-hydrogen) atoms. The summed E-state index contributed by atoms with van der Waals surface area (Å²) in [7, 11) is 0. The van der Waals surface area contributed by atoms with Crippen LogP contribution >= 0.6 is 0 Å². The molecule has 1 fully saturated rings. The molecule has 3 unspecified atom stereocenters. The smallest absolute Gasteiger partial charge is 0.0409 e. The van der Waals surface area contributed by atoms with E-state index in [0.29, 0.717) is 5.92 Å². The van der Waals surface area contributed by atoms with Crippen molar-refractivity contribution in [3.63, 3.8) is 0 Å². The third-order valence-corrected chi connectivity index (χ3v) is 5.48. The molecule has 0 bridgehead atoms. The van der Waals surface area contributed by atoms with Gasteiger partial charge >= 0.3 is 0 Å². The fraction of sp³-hybridized carbons (Fsp3) is 0.593. The summed E-state index contributed by atoms with van der Waals surface area (Å²) < 4.78 is 0. The maximum atomic E-state index is 5.79. The standard InChI is InChI=1S/C17H22N2.C8H17N.C2H6/c1-12(10-17-6-4-5-14(3)19-17)9-15-7-8-16(18)11-13(15)2;1-3-4-5-9-8-6-7(8)2;1-2/h4-8,11-12H,9-10,18H2,1-3H3;7-9H,3-6H2,1-2H3;1-2H3. The van der Waals surface area contributed by atoms with E-state index in [1.54, 1.807) is 0 Å². The van der Waals surface area contributed by atoms with Crippen molar-refractivity contribution in [3.8, 4) is 0 Å². The van der Waals surface area contributed by atoms with Gasteiger partial charge in [-0.2, -0.15) is 0 Å². The van der Waals surface area contributed by atoms with Gasteiger partial charge in [-0.1, -0.05) is 53.2 Å². The SMILES string of the molecule is CC.CCCCNC1CC1C.Cc1cccc(CC(C)Cc2ccc(N)cc2C)n1. The molecule has 0 amide bonds. The van der Waals surface area contributed by atoms with Gasteiger partial charge in [-0.05, 0) is 93.3 Å². The van der Waals surface area contributed by atoms with E-state index in [1.807, 2.05) is 39.0 Å². The monoisotopic (exact) mass is 411 g/mol. The molecular weight excluding hydrogens is 366 g/mol. The van der Waals surface area contributed by atoms with E-state index in [1.165, 1.54) is 42.6 Å². The van der Waals surface area contributed by atoms with Crippen LogP contribution < -0.4 is 11.1 Å². The second-order valence-electron chi connectivity index (χ2n) is 8.60. The Morgan fingerprint density at radius 2 is 1.83 bits per heavy atom. The van der Waals surface area contributed by atoms with Crippen molar-refractivity contribution in [2.45, 2.75) is 86.6 Å². The second-order valence-corrected chi connectivity index (χ2v) is 8.60. The molecule has 0 aliphatic heterocycles. The highest BCUT2D eigenvalue weighted by atomic mass is 15.0. The van der Waals surface area contributed by atoms with Crippen LogP contribution in [0.5, 0.6) is 0 Å². The van der Waals surface area contributed by atoms with Crippen LogP contribution in [0.2, 0.25) is 0 Å². The van der Waals surface area contributed by atoms with Crippen molar-refractivity contribution >= 4 is 5.69 Å². The first kappa shape index (κ1) is 26.2. The van der Waals surface area contributed by atoms with Crippen molar-refractivity contribution in [2.24, 2.45) is 11.8 Å². The van der Waals surface area contributed by atoms with E-state index in [0.717, 1.165) is 36.2 Å². The van der Waals surface area contributed by atoms with Crippen LogP contribution in [0, 0.1) is 25.7 Å². The number of aromatic nitrogens is 1. The third kappa shape index (κ3) is 10.2. The molecule has 3 rings (SSSR count). The minimum atomic E-state index is 0.580. The molecule has 0 spiro atoms. The predicted molar refractivity (Wildman–Crippen MR) is 133 cm³/mol. The van der Waals surface area contributed by atoms with Crippen molar-refractivity contribution in [2.75, 3.05) is 12.3 Å². The number of rotatable bonds is 8. The number of nitrogens with zero attached hydrogens (tertiary/aromatic N) is 1. The fourth-order valence-corrected chi connectivity index (χ4v) is 3.54. The fourth-order valence-electron chi connectivity index (χ4n) is 3.54. The van der Waals surface area contributed by atoms with E-state index >= 15 is 0 Å². The Balaban J connectivity index is 0.000000342. The van der Waals surface area contributed by atoms with E-state index in [2.05, 4.69) is 56.2 Å². The van der Waals surface area contributed by atoms with E-state index in [-0.39, 0.29) is 0 Å². The average molecular weight is 412 g/mol. The summed E-state index contributed by atoms with van der Waals surface area (Å²) in [5, 5.41) is 3.51. The van der Waals surface area contributed by atoms with Gasteiger partial charge in [0.2, 0.25) is 0 Å². The summed E-state index contributed by atoms with van der Waals surface area (Å²) in [5.41, 5.74) is 11.6. The summed E-state index contributed by atoms with van der Waals surface area (Å²) in [5.74, 6) is 1.54. The number of nitrogens with one attached hydrogen (secondary N) is 1. The van der Waals surface area contributed by atoms with Crippen LogP contribution in [-0.2, 0) is 12.8 Å². The van der Waals surface area contributed by atoms with Crippen LogP contribution in [0.25, 0.3) is 0 Å². The number of benzene rings is 1. The first-order chi connectivity index (χ1) is 14.4. The van der Waals surface area contributed by atoms with Crippen molar-refractivity contribution in [3.05, 3.63) is 58.9 Å². The number of hydrogen-bond donors (Lipinski definition) is 2. The molecule has 1 aromatic heterocycles. The first-order valence-electron chi connectivity index (χ1n) is 11.9. The van der Waals surface area contributed by atoms with E-state index in [4.69, 9.17) is 5.73 Å². The first-order valence-corrected chi connectivity index (χ1v) is 11.9. The number of pyridine rings is 1. The van der Waals surface area contributed by atoms with E-state index in [9.17, 15) is 0 Å². The zero-order chi connectivity index (χ0) is 22.5. The Morgan fingerprint density at radius 3 is 2.40 bits per heavy atom. The second kappa shape index (κ2) is 14.2. The number of nitrogen functional groups attached to an aromatic ring is 1. The normalized spacial score (nSPS) is 17.8. The number of unbranched alkanes of at least 4 members (excludes halogenated alkanes) is 1. The summed E-state index contributed by atoms with van der Waals surface area (Å²) in [4.78, 5) is 4.57. The van der Waals surface area contributed by atoms with Crippen LogP contribution in [0.4, 0.5) is 5.69 Å². The summed E-state index contributed by atoms with van der Waals surface area (Å²) in [6.45, 7) is 16.2. The summed E-state index contributed by atoms with van der Waals surface area (Å²) in [6.07, 6.45) is 6.15. The Labute approximate surface area is 185 Å². The topological polar surface area (TPSA) is 50.9 Å². The lowest BCUT2D eigenvalue weighted by molar-refractivity contribution is 0.567. The molecule has 0 radical (unpaired) electrons. The molecule has 1 saturated carbocycles. The van der Waals surface area contributed by atoms with Crippen molar-refractivity contribution in [1.82, 2.24) is 10.3 Å². The van der Waals surface area contributed by atoms with Crippen LogP contribution in [0.15, 0.2) is 36.4 Å². The number of hydrogen-bond acceptors (Lipinski definition) is 3. The highest BCUT2D eigenvalue weighted by molar-refractivity contribution is 5.44. The van der Waals surface area contributed by atoms with Crippen molar-refractivity contribution in [1.29, 1.82) is 0 Å². The maximum Gasteiger partial charge on any atom is 0.0409 e. The molecule has 3 atom stereocenters. The molecule has 0 saturated heterocycles. The zero-order valence-electron chi connectivity index (χ0n) is 20.5. The molecular formula is C27H45N3. The quantitative estimate of drug-likeness (QED) is 0.384. The van der Waals surface area contributed by atoms with Gasteiger partial charge in [0.25, 0.3) is 0 Å². The number of anilines is 1. The Kier molecular flexibility index (Phi) is 12.4. The lowest BCUT2D eigenvalue weighted by Gasteiger charge is -2.13.